The van der Waals surface area contributed by atoms with Gasteiger partial charge in [-0.1, -0.05) is 17.7 Å². The molecule has 100 valence electrons. The van der Waals surface area contributed by atoms with Crippen molar-refractivity contribution in [2.45, 2.75) is 11.8 Å². The largest absolute Gasteiger partial charge is 0.379 e. The molecule has 1 aliphatic rings. The quantitative estimate of drug-likeness (QED) is 0.864. The number of rotatable bonds is 5. The third-order valence-electron chi connectivity index (χ3n) is 3.00. The minimum absolute atomic E-state index is 0.737. The molecule has 1 fully saturated rings. The summed E-state index contributed by atoms with van der Waals surface area (Å²) in [4.78, 5) is 3.16. The van der Waals surface area contributed by atoms with Crippen molar-refractivity contribution in [2.75, 3.05) is 39.4 Å². The Morgan fingerprint density at radius 1 is 1.28 bits per heavy atom. The molecule has 1 aromatic carbocycles. The zero-order valence-corrected chi connectivity index (χ0v) is 11.5. The first-order valence-electron chi connectivity index (χ1n) is 6.28. The number of benzene rings is 1. The van der Waals surface area contributed by atoms with E-state index in [-0.39, 0.29) is 0 Å². The number of aryl methyl sites for hydroxylation is 1. The number of nitrogens with zero attached hydrogens (tertiary/aromatic N) is 1. The fourth-order valence-electron chi connectivity index (χ4n) is 1.87. The Morgan fingerprint density at radius 3 is 2.61 bits per heavy atom. The Morgan fingerprint density at radius 2 is 1.94 bits per heavy atom. The van der Waals surface area contributed by atoms with E-state index >= 15 is 0 Å². The van der Waals surface area contributed by atoms with Gasteiger partial charge in [0.05, 0.1) is 18.1 Å². The third-order valence-corrected chi connectivity index (χ3v) is 4.17. The molecule has 1 unspecified atom stereocenters. The second-order valence-corrected chi connectivity index (χ2v) is 5.73. The minimum atomic E-state index is -1.10. The van der Waals surface area contributed by atoms with Crippen molar-refractivity contribution in [3.63, 3.8) is 0 Å². The van der Waals surface area contributed by atoms with Crippen LogP contribution in [0, 0.1) is 6.92 Å². The van der Waals surface area contributed by atoms with Crippen LogP contribution >= 0.6 is 0 Å². The van der Waals surface area contributed by atoms with Crippen molar-refractivity contribution in [2.24, 2.45) is 0 Å². The van der Waals surface area contributed by atoms with E-state index in [4.69, 9.17) is 4.74 Å². The number of hydrogen-bond donors (Lipinski definition) is 1. The normalized spacial score (nSPS) is 18.7. The molecular weight excluding hydrogens is 248 g/mol. The van der Waals surface area contributed by atoms with Gasteiger partial charge in [-0.2, -0.15) is 0 Å². The maximum atomic E-state index is 12.0. The average Bonchev–Trinajstić information content (AvgIpc) is 2.40. The molecule has 1 N–H and O–H groups in total. The summed E-state index contributed by atoms with van der Waals surface area (Å²) < 4.78 is 20.3. The van der Waals surface area contributed by atoms with E-state index < -0.39 is 11.0 Å². The van der Waals surface area contributed by atoms with E-state index in [2.05, 4.69) is 9.62 Å². The summed E-state index contributed by atoms with van der Waals surface area (Å²) in [6.45, 7) is 7.24. The Balaban J connectivity index is 1.72. The zero-order chi connectivity index (χ0) is 12.8. The molecule has 0 aliphatic carbocycles. The number of hydrogen-bond acceptors (Lipinski definition) is 3. The Bertz CT molecular complexity index is 388. The first kappa shape index (κ1) is 13.7. The molecule has 1 saturated heterocycles. The molecule has 1 atom stereocenters. The lowest BCUT2D eigenvalue weighted by Gasteiger charge is -2.26. The van der Waals surface area contributed by atoms with Gasteiger partial charge in [-0.3, -0.25) is 4.90 Å². The van der Waals surface area contributed by atoms with Gasteiger partial charge in [0.2, 0.25) is 0 Å². The van der Waals surface area contributed by atoms with Crippen LogP contribution in [0.25, 0.3) is 0 Å². The number of morpholine rings is 1. The van der Waals surface area contributed by atoms with Gasteiger partial charge in [-0.25, -0.2) is 8.93 Å². The molecule has 0 amide bonds. The highest BCUT2D eigenvalue weighted by Gasteiger charge is 2.10. The average molecular weight is 268 g/mol. The maximum absolute atomic E-state index is 12.0. The fraction of sp³-hybridized carbons (Fsp3) is 0.538. The molecule has 0 radical (unpaired) electrons. The number of nitrogens with one attached hydrogen (secondary N) is 1. The molecule has 1 heterocycles. The molecule has 0 bridgehead atoms. The van der Waals surface area contributed by atoms with E-state index in [0.29, 0.717) is 0 Å². The second kappa shape index (κ2) is 6.99. The first-order chi connectivity index (χ1) is 8.75. The molecule has 1 aliphatic heterocycles. The van der Waals surface area contributed by atoms with Crippen LogP contribution in [0.2, 0.25) is 0 Å². The van der Waals surface area contributed by atoms with Crippen LogP contribution in [0.1, 0.15) is 5.56 Å². The molecule has 5 heteroatoms. The van der Waals surface area contributed by atoms with Crippen molar-refractivity contribution >= 4 is 11.0 Å². The second-order valence-electron chi connectivity index (χ2n) is 4.43. The van der Waals surface area contributed by atoms with Crippen molar-refractivity contribution < 1.29 is 8.95 Å². The van der Waals surface area contributed by atoms with Crippen LogP contribution in [0.3, 0.4) is 0 Å². The van der Waals surface area contributed by atoms with Gasteiger partial charge >= 0.3 is 0 Å². The molecule has 18 heavy (non-hydrogen) atoms. The molecule has 0 spiro atoms. The third kappa shape index (κ3) is 4.17. The molecular formula is C13H20N2O2S. The van der Waals surface area contributed by atoms with Crippen LogP contribution in [-0.2, 0) is 15.7 Å². The first-order valence-corrected chi connectivity index (χ1v) is 7.43. The highest BCUT2D eigenvalue weighted by Crippen LogP contribution is 2.06. The van der Waals surface area contributed by atoms with Gasteiger partial charge in [0.1, 0.15) is 11.0 Å². The highest BCUT2D eigenvalue weighted by atomic mass is 32.2. The fourth-order valence-corrected chi connectivity index (χ4v) is 2.69. The molecule has 0 saturated carbocycles. The van der Waals surface area contributed by atoms with Crippen LogP contribution in [-0.4, -0.2) is 48.5 Å². The smallest absolute Gasteiger partial charge is 0.124 e. The highest BCUT2D eigenvalue weighted by molar-refractivity contribution is 7.83. The van der Waals surface area contributed by atoms with Gasteiger partial charge in [0, 0.05) is 26.2 Å². The summed E-state index contributed by atoms with van der Waals surface area (Å²) in [5.74, 6) is 0. The van der Waals surface area contributed by atoms with Gasteiger partial charge < -0.3 is 4.74 Å². The Hall–Kier alpha value is -0.750. The lowest BCUT2D eigenvalue weighted by molar-refractivity contribution is 0.0390. The summed E-state index contributed by atoms with van der Waals surface area (Å²) in [5.41, 5.74) is 1.18. The van der Waals surface area contributed by atoms with Crippen molar-refractivity contribution in [3.05, 3.63) is 29.8 Å². The van der Waals surface area contributed by atoms with Crippen molar-refractivity contribution in [1.82, 2.24) is 9.62 Å². The Labute approximate surface area is 111 Å². The van der Waals surface area contributed by atoms with E-state index in [1.54, 1.807) is 0 Å². The summed E-state index contributed by atoms with van der Waals surface area (Å²) in [6.07, 6.45) is 0. The summed E-state index contributed by atoms with van der Waals surface area (Å²) in [6, 6.07) is 7.79. The predicted octanol–water partition coefficient (Wildman–Crippen LogP) is 0.939. The van der Waals surface area contributed by atoms with Crippen molar-refractivity contribution in [3.8, 4) is 0 Å². The standard InChI is InChI=1S/C13H20N2O2S/c1-12-2-4-13(5-3-12)18(16)14-6-7-15-8-10-17-11-9-15/h2-5,14H,6-11H2,1H3. The molecule has 4 nitrogen and oxygen atoms in total. The Kier molecular flexibility index (Phi) is 5.31. The summed E-state index contributed by atoms with van der Waals surface area (Å²) in [7, 11) is -1.10. The van der Waals surface area contributed by atoms with E-state index in [1.807, 2.05) is 31.2 Å². The van der Waals surface area contributed by atoms with Crippen molar-refractivity contribution in [1.29, 1.82) is 0 Å². The van der Waals surface area contributed by atoms with Gasteiger partial charge in [0.15, 0.2) is 0 Å². The molecule has 0 aromatic heterocycles. The topological polar surface area (TPSA) is 41.6 Å². The van der Waals surface area contributed by atoms with Crippen LogP contribution < -0.4 is 4.72 Å². The molecule has 1 aromatic rings. The van der Waals surface area contributed by atoms with Crippen LogP contribution in [0.5, 0.6) is 0 Å². The van der Waals surface area contributed by atoms with E-state index in [1.165, 1.54) is 5.56 Å². The zero-order valence-electron chi connectivity index (χ0n) is 10.7. The summed E-state index contributed by atoms with van der Waals surface area (Å²) in [5, 5.41) is 0. The van der Waals surface area contributed by atoms with Gasteiger partial charge in [0.25, 0.3) is 0 Å². The maximum Gasteiger partial charge on any atom is 0.124 e. The van der Waals surface area contributed by atoms with Crippen LogP contribution in [0.4, 0.5) is 0 Å². The lowest BCUT2D eigenvalue weighted by Crippen LogP contribution is -2.40. The molecule has 2 rings (SSSR count). The summed E-state index contributed by atoms with van der Waals surface area (Å²) >= 11 is 0. The number of ether oxygens (including phenoxy) is 1. The SMILES string of the molecule is Cc1ccc(S(=O)NCCN2CCOCC2)cc1. The van der Waals surface area contributed by atoms with Gasteiger partial charge in [-0.05, 0) is 19.1 Å². The van der Waals surface area contributed by atoms with E-state index in [0.717, 1.165) is 44.3 Å². The van der Waals surface area contributed by atoms with E-state index in [9.17, 15) is 4.21 Å². The van der Waals surface area contributed by atoms with Crippen LogP contribution in [0.15, 0.2) is 29.2 Å². The monoisotopic (exact) mass is 268 g/mol. The lowest BCUT2D eigenvalue weighted by atomic mass is 10.2. The van der Waals surface area contributed by atoms with Gasteiger partial charge in [-0.15, -0.1) is 0 Å². The predicted molar refractivity (Wildman–Crippen MR) is 72.8 cm³/mol. The minimum Gasteiger partial charge on any atom is -0.379 e.